The van der Waals surface area contributed by atoms with Crippen LogP contribution in [-0.2, 0) is 4.74 Å². The van der Waals surface area contributed by atoms with Crippen molar-refractivity contribution in [3.63, 3.8) is 0 Å². The van der Waals surface area contributed by atoms with Crippen LogP contribution in [0.4, 0.5) is 10.5 Å². The summed E-state index contributed by atoms with van der Waals surface area (Å²) < 4.78 is 6.39. The van der Waals surface area contributed by atoms with E-state index in [4.69, 9.17) is 4.74 Å². The standard InChI is InChI=1S/C18H27BrN2O2/c1-12-8-14(19)10-15(9-12)21-16-7-5-6-13(16)11-20-17(22)23-18(2,3)4/h8-10,13,16,21H,5-7,11H2,1-4H3,(H,20,22). The molecule has 2 N–H and O–H groups in total. The second-order valence-corrected chi connectivity index (χ2v) is 8.26. The Hall–Kier alpha value is -1.23. The van der Waals surface area contributed by atoms with E-state index in [-0.39, 0.29) is 6.09 Å². The lowest BCUT2D eigenvalue weighted by Crippen LogP contribution is -2.38. The van der Waals surface area contributed by atoms with Crippen LogP contribution < -0.4 is 10.6 Å². The van der Waals surface area contributed by atoms with Crippen LogP contribution in [0, 0.1) is 12.8 Å². The molecule has 2 atom stereocenters. The van der Waals surface area contributed by atoms with Crippen molar-refractivity contribution in [1.29, 1.82) is 0 Å². The summed E-state index contributed by atoms with van der Waals surface area (Å²) in [6.07, 6.45) is 3.11. The molecule has 1 aliphatic rings. The summed E-state index contributed by atoms with van der Waals surface area (Å²) in [6, 6.07) is 6.74. The number of carbonyl (C=O) groups excluding carboxylic acids is 1. The smallest absolute Gasteiger partial charge is 0.407 e. The maximum absolute atomic E-state index is 11.8. The van der Waals surface area contributed by atoms with Crippen molar-refractivity contribution in [3.05, 3.63) is 28.2 Å². The van der Waals surface area contributed by atoms with Crippen molar-refractivity contribution in [2.75, 3.05) is 11.9 Å². The maximum Gasteiger partial charge on any atom is 0.407 e. The van der Waals surface area contributed by atoms with Crippen LogP contribution in [0.2, 0.25) is 0 Å². The fourth-order valence-corrected chi connectivity index (χ4v) is 3.64. The fraction of sp³-hybridized carbons (Fsp3) is 0.611. The number of amides is 1. The highest BCUT2D eigenvalue weighted by Gasteiger charge is 2.28. The van der Waals surface area contributed by atoms with Gasteiger partial charge in [0.25, 0.3) is 0 Å². The van der Waals surface area contributed by atoms with Crippen LogP contribution >= 0.6 is 15.9 Å². The molecule has 1 amide bonds. The lowest BCUT2D eigenvalue weighted by Gasteiger charge is -2.24. The first kappa shape index (κ1) is 18.1. The summed E-state index contributed by atoms with van der Waals surface area (Å²) >= 11 is 3.54. The van der Waals surface area contributed by atoms with Gasteiger partial charge < -0.3 is 15.4 Å². The molecule has 0 radical (unpaired) electrons. The van der Waals surface area contributed by atoms with Gasteiger partial charge in [0.2, 0.25) is 0 Å². The van der Waals surface area contributed by atoms with Gasteiger partial charge in [-0.05, 0) is 70.2 Å². The molecule has 0 saturated heterocycles. The Morgan fingerprint density at radius 3 is 2.70 bits per heavy atom. The summed E-state index contributed by atoms with van der Waals surface area (Å²) in [4.78, 5) is 11.8. The largest absolute Gasteiger partial charge is 0.444 e. The van der Waals surface area contributed by atoms with Crippen LogP contribution in [0.3, 0.4) is 0 Å². The van der Waals surface area contributed by atoms with Crippen LogP contribution in [0.1, 0.15) is 45.6 Å². The zero-order chi connectivity index (χ0) is 17.0. The predicted octanol–water partition coefficient (Wildman–Crippen LogP) is 4.86. The molecular formula is C18H27BrN2O2. The average Bonchev–Trinajstić information content (AvgIpc) is 2.80. The van der Waals surface area contributed by atoms with Crippen LogP contribution in [0.25, 0.3) is 0 Å². The number of nitrogens with one attached hydrogen (secondary N) is 2. The summed E-state index contributed by atoms with van der Waals surface area (Å²) in [5.41, 5.74) is 1.90. The van der Waals surface area contributed by atoms with Crippen molar-refractivity contribution in [2.24, 2.45) is 5.92 Å². The topological polar surface area (TPSA) is 50.4 Å². The molecule has 1 fully saturated rings. The molecule has 0 aromatic heterocycles. The molecule has 1 aromatic rings. The molecule has 2 unspecified atom stereocenters. The molecule has 23 heavy (non-hydrogen) atoms. The highest BCUT2D eigenvalue weighted by Crippen LogP contribution is 2.29. The molecule has 2 rings (SSSR count). The van der Waals surface area contributed by atoms with E-state index in [0.29, 0.717) is 18.5 Å². The average molecular weight is 383 g/mol. The summed E-state index contributed by atoms with van der Waals surface area (Å²) in [5, 5.41) is 6.53. The van der Waals surface area contributed by atoms with Gasteiger partial charge >= 0.3 is 6.09 Å². The van der Waals surface area contributed by atoms with Gasteiger partial charge in [-0.2, -0.15) is 0 Å². The molecule has 1 aromatic carbocycles. The van der Waals surface area contributed by atoms with Crippen molar-refractivity contribution in [1.82, 2.24) is 5.32 Å². The number of alkyl carbamates (subject to hydrolysis) is 1. The van der Waals surface area contributed by atoms with Gasteiger partial charge in [0.15, 0.2) is 0 Å². The molecular weight excluding hydrogens is 356 g/mol. The van der Waals surface area contributed by atoms with Gasteiger partial charge in [-0.25, -0.2) is 4.79 Å². The Kier molecular flexibility index (Phi) is 5.95. The van der Waals surface area contributed by atoms with E-state index < -0.39 is 5.60 Å². The van der Waals surface area contributed by atoms with Crippen molar-refractivity contribution < 1.29 is 9.53 Å². The second kappa shape index (κ2) is 7.56. The number of hydrogen-bond donors (Lipinski definition) is 2. The molecule has 1 aliphatic carbocycles. The Morgan fingerprint density at radius 2 is 2.04 bits per heavy atom. The molecule has 0 spiro atoms. The third kappa shape index (κ3) is 6.05. The Balaban J connectivity index is 1.89. The van der Waals surface area contributed by atoms with Crippen molar-refractivity contribution in [3.8, 4) is 0 Å². The second-order valence-electron chi connectivity index (χ2n) is 7.34. The molecule has 4 nitrogen and oxygen atoms in total. The maximum atomic E-state index is 11.8. The minimum absolute atomic E-state index is 0.332. The summed E-state index contributed by atoms with van der Waals surface area (Å²) in [6.45, 7) is 8.37. The number of aryl methyl sites for hydroxylation is 1. The third-order valence-electron chi connectivity index (χ3n) is 3.96. The SMILES string of the molecule is Cc1cc(Br)cc(NC2CCCC2CNC(=O)OC(C)(C)C)c1. The molecule has 0 bridgehead atoms. The Bertz CT molecular complexity index is 534. The van der Waals surface area contributed by atoms with Gasteiger partial charge in [0, 0.05) is 22.7 Å². The first-order valence-electron chi connectivity index (χ1n) is 8.23. The third-order valence-corrected chi connectivity index (χ3v) is 4.42. The molecule has 1 saturated carbocycles. The van der Waals surface area contributed by atoms with Gasteiger partial charge in [-0.3, -0.25) is 0 Å². The Labute approximate surface area is 147 Å². The highest BCUT2D eigenvalue weighted by molar-refractivity contribution is 9.10. The molecule has 0 heterocycles. The van der Waals surface area contributed by atoms with Crippen LogP contribution in [0.5, 0.6) is 0 Å². The van der Waals surface area contributed by atoms with Gasteiger partial charge in [0.1, 0.15) is 5.60 Å². The van der Waals surface area contributed by atoms with E-state index in [9.17, 15) is 4.79 Å². The van der Waals surface area contributed by atoms with E-state index in [1.807, 2.05) is 20.8 Å². The van der Waals surface area contributed by atoms with Crippen molar-refractivity contribution in [2.45, 2.75) is 58.6 Å². The number of rotatable bonds is 4. The van der Waals surface area contributed by atoms with E-state index >= 15 is 0 Å². The van der Waals surface area contributed by atoms with E-state index in [0.717, 1.165) is 23.0 Å². The van der Waals surface area contributed by atoms with Crippen molar-refractivity contribution >= 4 is 27.7 Å². The Morgan fingerprint density at radius 1 is 1.30 bits per heavy atom. The first-order valence-corrected chi connectivity index (χ1v) is 9.03. The monoisotopic (exact) mass is 382 g/mol. The first-order chi connectivity index (χ1) is 10.7. The van der Waals surface area contributed by atoms with E-state index in [1.165, 1.54) is 12.0 Å². The number of halogens is 1. The van der Waals surface area contributed by atoms with Gasteiger partial charge in [-0.1, -0.05) is 22.4 Å². The van der Waals surface area contributed by atoms with Gasteiger partial charge in [-0.15, -0.1) is 0 Å². The molecule has 128 valence electrons. The predicted molar refractivity (Wildman–Crippen MR) is 97.9 cm³/mol. The van der Waals surface area contributed by atoms with E-state index in [1.54, 1.807) is 0 Å². The van der Waals surface area contributed by atoms with Crippen LogP contribution in [0.15, 0.2) is 22.7 Å². The lowest BCUT2D eigenvalue weighted by molar-refractivity contribution is 0.0519. The number of carbonyl (C=O) groups is 1. The minimum atomic E-state index is -0.453. The number of anilines is 1. The number of ether oxygens (including phenoxy) is 1. The zero-order valence-electron chi connectivity index (χ0n) is 14.4. The van der Waals surface area contributed by atoms with E-state index in [2.05, 4.69) is 51.7 Å². The highest BCUT2D eigenvalue weighted by atomic mass is 79.9. The summed E-state index contributed by atoms with van der Waals surface area (Å²) in [7, 11) is 0. The summed E-state index contributed by atoms with van der Waals surface area (Å²) in [5.74, 6) is 0.432. The normalized spacial score (nSPS) is 21.1. The van der Waals surface area contributed by atoms with Gasteiger partial charge in [0.05, 0.1) is 0 Å². The fourth-order valence-electron chi connectivity index (χ4n) is 3.03. The number of hydrogen-bond acceptors (Lipinski definition) is 3. The zero-order valence-corrected chi connectivity index (χ0v) is 16.0. The molecule has 0 aliphatic heterocycles. The number of benzene rings is 1. The molecule has 5 heteroatoms. The van der Waals surface area contributed by atoms with Crippen LogP contribution in [-0.4, -0.2) is 24.3 Å². The minimum Gasteiger partial charge on any atom is -0.444 e. The quantitative estimate of drug-likeness (QED) is 0.781. The lowest BCUT2D eigenvalue weighted by atomic mass is 10.0.